The molecule has 0 aromatic heterocycles. The minimum atomic E-state index is 0.0252. The molecule has 1 aliphatic heterocycles. The van der Waals surface area contributed by atoms with Crippen LogP contribution in [-0.4, -0.2) is 42.2 Å². The normalized spacial score (nSPS) is 16.5. The zero-order chi connectivity index (χ0) is 17.4. The molecule has 0 radical (unpaired) electrons. The molecule has 0 saturated carbocycles. The number of nitrogens with zero attached hydrogens (tertiary/aromatic N) is 1. The predicted octanol–water partition coefficient (Wildman–Crippen LogP) is 3.06. The van der Waals surface area contributed by atoms with Crippen LogP contribution in [-0.2, 0) is 6.54 Å². The largest absolute Gasteiger partial charge is 0.396 e. The van der Waals surface area contributed by atoms with Crippen LogP contribution in [0.25, 0.3) is 0 Å². The molecule has 1 amide bonds. The minimum absolute atomic E-state index is 0.0252. The number of hydrogen-bond acceptors (Lipinski definition) is 3. The van der Waals surface area contributed by atoms with Crippen LogP contribution in [0.15, 0.2) is 24.3 Å². The third-order valence-corrected chi connectivity index (χ3v) is 5.29. The number of carbonyl (C=O) groups is 1. The van der Waals surface area contributed by atoms with Gasteiger partial charge in [-0.1, -0.05) is 38.8 Å². The topological polar surface area (TPSA) is 52.6 Å². The zero-order valence-electron chi connectivity index (χ0n) is 15.1. The van der Waals surface area contributed by atoms with Crippen LogP contribution < -0.4 is 5.32 Å². The van der Waals surface area contributed by atoms with E-state index in [-0.39, 0.29) is 5.91 Å². The van der Waals surface area contributed by atoms with Crippen molar-refractivity contribution in [2.45, 2.75) is 46.1 Å². The fourth-order valence-corrected chi connectivity index (χ4v) is 3.26. The van der Waals surface area contributed by atoms with Crippen molar-refractivity contribution in [2.24, 2.45) is 11.8 Å². The highest BCUT2D eigenvalue weighted by molar-refractivity contribution is 5.94. The van der Waals surface area contributed by atoms with E-state index in [1.807, 2.05) is 12.1 Å². The second kappa shape index (κ2) is 9.80. The van der Waals surface area contributed by atoms with Crippen LogP contribution in [0.2, 0.25) is 0 Å². The molecule has 0 aliphatic carbocycles. The number of rotatable bonds is 8. The Hall–Kier alpha value is -1.39. The first-order valence-electron chi connectivity index (χ1n) is 9.36. The molecular formula is C20H32N2O2. The molecule has 1 aromatic carbocycles. The molecule has 2 N–H and O–H groups in total. The summed E-state index contributed by atoms with van der Waals surface area (Å²) in [5, 5.41) is 12.2. The Labute approximate surface area is 146 Å². The van der Waals surface area contributed by atoms with Gasteiger partial charge in [-0.25, -0.2) is 0 Å². The Morgan fingerprint density at radius 1 is 1.21 bits per heavy atom. The molecular weight excluding hydrogens is 300 g/mol. The molecule has 1 aliphatic rings. The van der Waals surface area contributed by atoms with E-state index < -0.39 is 0 Å². The van der Waals surface area contributed by atoms with Crippen LogP contribution in [0.3, 0.4) is 0 Å². The lowest BCUT2D eigenvalue weighted by molar-refractivity contribution is 0.0946. The van der Waals surface area contributed by atoms with E-state index in [0.717, 1.165) is 57.4 Å². The summed E-state index contributed by atoms with van der Waals surface area (Å²) in [5.74, 6) is 1.06. The van der Waals surface area contributed by atoms with E-state index in [2.05, 4.69) is 36.2 Å². The summed E-state index contributed by atoms with van der Waals surface area (Å²) in [6, 6.07) is 7.98. The molecule has 2 rings (SSSR count). The third-order valence-electron chi connectivity index (χ3n) is 5.29. The number of aliphatic hydroxyl groups excluding tert-OH is 1. The number of amides is 1. The maximum Gasteiger partial charge on any atom is 0.251 e. The van der Waals surface area contributed by atoms with Gasteiger partial charge in [0, 0.05) is 25.3 Å². The van der Waals surface area contributed by atoms with Crippen molar-refractivity contribution in [1.29, 1.82) is 0 Å². The van der Waals surface area contributed by atoms with Gasteiger partial charge in [-0.2, -0.15) is 0 Å². The summed E-state index contributed by atoms with van der Waals surface area (Å²) in [5.41, 5.74) is 1.98. The fraction of sp³-hybridized carbons (Fsp3) is 0.650. The molecule has 24 heavy (non-hydrogen) atoms. The van der Waals surface area contributed by atoms with Gasteiger partial charge >= 0.3 is 0 Å². The highest BCUT2D eigenvalue weighted by Gasteiger charge is 2.18. The smallest absolute Gasteiger partial charge is 0.251 e. The van der Waals surface area contributed by atoms with Crippen molar-refractivity contribution in [3.05, 3.63) is 35.4 Å². The van der Waals surface area contributed by atoms with Gasteiger partial charge in [0.15, 0.2) is 0 Å². The summed E-state index contributed by atoms with van der Waals surface area (Å²) < 4.78 is 0. The first-order chi connectivity index (χ1) is 11.7. The van der Waals surface area contributed by atoms with E-state index in [1.165, 1.54) is 5.56 Å². The molecule has 1 fully saturated rings. The Bertz CT molecular complexity index is 489. The number of hydrogen-bond donors (Lipinski definition) is 2. The predicted molar refractivity (Wildman–Crippen MR) is 97.9 cm³/mol. The highest BCUT2D eigenvalue weighted by Crippen LogP contribution is 2.18. The van der Waals surface area contributed by atoms with Gasteiger partial charge in [-0.15, -0.1) is 0 Å². The number of carbonyl (C=O) groups excluding carboxylic acids is 1. The average Bonchev–Trinajstić information content (AvgIpc) is 2.63. The summed E-state index contributed by atoms with van der Waals surface area (Å²) in [6.45, 7) is 8.42. The number of likely N-dealkylation sites (tertiary alicyclic amines) is 1. The molecule has 4 heteroatoms. The molecule has 0 spiro atoms. The van der Waals surface area contributed by atoms with Crippen LogP contribution in [0.5, 0.6) is 0 Å². The number of aliphatic hydroxyl groups is 1. The van der Waals surface area contributed by atoms with Crippen molar-refractivity contribution < 1.29 is 9.90 Å². The maximum atomic E-state index is 12.2. The maximum absolute atomic E-state index is 12.2. The Morgan fingerprint density at radius 3 is 2.38 bits per heavy atom. The van der Waals surface area contributed by atoms with E-state index in [1.54, 1.807) is 0 Å². The lowest BCUT2D eigenvalue weighted by atomic mass is 9.97. The van der Waals surface area contributed by atoms with E-state index in [4.69, 9.17) is 0 Å². The zero-order valence-corrected chi connectivity index (χ0v) is 15.1. The van der Waals surface area contributed by atoms with Gasteiger partial charge in [0.25, 0.3) is 5.91 Å². The second-order valence-electron chi connectivity index (χ2n) is 6.99. The Kier molecular flexibility index (Phi) is 7.73. The number of benzene rings is 1. The van der Waals surface area contributed by atoms with Crippen LogP contribution >= 0.6 is 0 Å². The fourth-order valence-electron chi connectivity index (χ4n) is 3.26. The van der Waals surface area contributed by atoms with Gasteiger partial charge < -0.3 is 10.4 Å². The highest BCUT2D eigenvalue weighted by atomic mass is 16.3. The summed E-state index contributed by atoms with van der Waals surface area (Å²) in [4.78, 5) is 14.6. The first-order valence-corrected chi connectivity index (χ1v) is 9.36. The second-order valence-corrected chi connectivity index (χ2v) is 6.99. The lowest BCUT2D eigenvalue weighted by Gasteiger charge is -2.31. The Morgan fingerprint density at radius 2 is 1.83 bits per heavy atom. The Balaban J connectivity index is 1.81. The van der Waals surface area contributed by atoms with Crippen LogP contribution in [0.4, 0.5) is 0 Å². The number of piperidine rings is 1. The summed E-state index contributed by atoms with van der Waals surface area (Å²) in [7, 11) is 0. The van der Waals surface area contributed by atoms with E-state index in [0.29, 0.717) is 18.4 Å². The van der Waals surface area contributed by atoms with Crippen molar-refractivity contribution in [3.8, 4) is 0 Å². The molecule has 1 saturated heterocycles. The molecule has 1 aromatic rings. The minimum Gasteiger partial charge on any atom is -0.396 e. The molecule has 0 unspecified atom stereocenters. The molecule has 0 bridgehead atoms. The average molecular weight is 332 g/mol. The van der Waals surface area contributed by atoms with Gasteiger partial charge in [-0.3, -0.25) is 9.69 Å². The van der Waals surface area contributed by atoms with Gasteiger partial charge in [0.2, 0.25) is 0 Å². The lowest BCUT2D eigenvalue weighted by Crippen LogP contribution is -2.34. The molecule has 0 atom stereocenters. The van der Waals surface area contributed by atoms with Crippen molar-refractivity contribution in [3.63, 3.8) is 0 Å². The summed E-state index contributed by atoms with van der Waals surface area (Å²) in [6.07, 6.45) is 4.35. The van der Waals surface area contributed by atoms with Crippen LogP contribution in [0.1, 0.15) is 55.5 Å². The number of nitrogens with one attached hydrogen (secondary N) is 1. The molecule has 1 heterocycles. The summed E-state index contributed by atoms with van der Waals surface area (Å²) >= 11 is 0. The van der Waals surface area contributed by atoms with E-state index in [9.17, 15) is 9.90 Å². The van der Waals surface area contributed by atoms with Gasteiger partial charge in [0.05, 0.1) is 0 Å². The quantitative estimate of drug-likeness (QED) is 0.769. The van der Waals surface area contributed by atoms with Crippen molar-refractivity contribution in [2.75, 3.05) is 26.2 Å². The molecule has 4 nitrogen and oxygen atoms in total. The van der Waals surface area contributed by atoms with Crippen molar-refractivity contribution in [1.82, 2.24) is 10.2 Å². The van der Waals surface area contributed by atoms with Crippen LogP contribution in [0, 0.1) is 11.8 Å². The third kappa shape index (κ3) is 5.60. The molecule has 134 valence electrons. The monoisotopic (exact) mass is 332 g/mol. The van der Waals surface area contributed by atoms with E-state index >= 15 is 0 Å². The van der Waals surface area contributed by atoms with Gasteiger partial charge in [0.1, 0.15) is 0 Å². The van der Waals surface area contributed by atoms with Crippen molar-refractivity contribution >= 4 is 5.91 Å². The standard InChI is InChI=1S/C20H32N2O2/c1-3-16(4-2)13-21-20(24)19-7-5-17(6-8-19)14-22-11-9-18(15-23)10-12-22/h5-8,16,18,23H,3-4,9-15H2,1-2H3,(H,21,24). The first kappa shape index (κ1) is 18.9. The SMILES string of the molecule is CCC(CC)CNC(=O)c1ccc(CN2CCC(CO)CC2)cc1. The van der Waals surface area contributed by atoms with Gasteiger partial charge in [-0.05, 0) is 55.5 Å².